The molecule has 0 saturated heterocycles. The summed E-state index contributed by atoms with van der Waals surface area (Å²) < 4.78 is 5.80. The van der Waals surface area contributed by atoms with Gasteiger partial charge in [0.1, 0.15) is 5.75 Å². The normalized spacial score (nSPS) is 10.3. The van der Waals surface area contributed by atoms with E-state index in [2.05, 4.69) is 22.8 Å². The fourth-order valence-electron chi connectivity index (χ4n) is 2.89. The molecule has 2 amide bonds. The number of hydrogen-bond donors (Lipinski definition) is 2. The molecule has 0 unspecified atom stereocenters. The number of nitrogens with one attached hydrogen (secondary N) is 2. The van der Waals surface area contributed by atoms with Gasteiger partial charge in [-0.1, -0.05) is 42.5 Å². The number of rotatable bonds is 7. The van der Waals surface area contributed by atoms with E-state index in [0.717, 1.165) is 12.0 Å². The third-order valence-electron chi connectivity index (χ3n) is 4.40. The van der Waals surface area contributed by atoms with Crippen LogP contribution in [0.15, 0.2) is 72.8 Å². The van der Waals surface area contributed by atoms with E-state index in [0.29, 0.717) is 29.3 Å². The highest BCUT2D eigenvalue weighted by Gasteiger charge is 2.09. The summed E-state index contributed by atoms with van der Waals surface area (Å²) in [5.74, 6) is 0.254. The average Bonchev–Trinajstić information content (AvgIpc) is 2.71. The number of aryl methyl sites for hydroxylation is 1. The van der Waals surface area contributed by atoms with Crippen LogP contribution in [0, 0.1) is 6.92 Å². The van der Waals surface area contributed by atoms with Gasteiger partial charge in [0.25, 0.3) is 5.91 Å². The first kappa shape index (κ1) is 20.1. The molecule has 0 aromatic heterocycles. The summed E-state index contributed by atoms with van der Waals surface area (Å²) >= 11 is 0. The molecule has 5 nitrogen and oxygen atoms in total. The van der Waals surface area contributed by atoms with Gasteiger partial charge >= 0.3 is 0 Å². The van der Waals surface area contributed by atoms with Crippen molar-refractivity contribution in [3.63, 3.8) is 0 Å². The van der Waals surface area contributed by atoms with Crippen LogP contribution in [-0.2, 0) is 11.2 Å². The van der Waals surface area contributed by atoms with Gasteiger partial charge in [-0.3, -0.25) is 9.59 Å². The van der Waals surface area contributed by atoms with E-state index in [-0.39, 0.29) is 11.8 Å². The van der Waals surface area contributed by atoms with Crippen LogP contribution in [0.25, 0.3) is 0 Å². The largest absolute Gasteiger partial charge is 0.493 e. The summed E-state index contributed by atoms with van der Waals surface area (Å²) in [6, 6.07) is 22.6. The fraction of sp³-hybridized carbons (Fsp3) is 0.167. The van der Waals surface area contributed by atoms with Crippen molar-refractivity contribution >= 4 is 23.2 Å². The van der Waals surface area contributed by atoms with Gasteiger partial charge in [0.15, 0.2) is 0 Å². The van der Waals surface area contributed by atoms with Crippen LogP contribution in [-0.4, -0.2) is 18.4 Å². The van der Waals surface area contributed by atoms with Crippen molar-refractivity contribution in [1.82, 2.24) is 0 Å². The molecule has 0 saturated carbocycles. The first-order valence-corrected chi connectivity index (χ1v) is 9.47. The third kappa shape index (κ3) is 5.94. The zero-order valence-electron chi connectivity index (χ0n) is 16.6. The number of carbonyl (C=O) groups is 2. The van der Waals surface area contributed by atoms with Crippen LogP contribution in [0.1, 0.15) is 28.4 Å². The zero-order valence-corrected chi connectivity index (χ0v) is 16.6. The molecular weight excluding hydrogens is 364 g/mol. The lowest BCUT2D eigenvalue weighted by Crippen LogP contribution is -2.13. The standard InChI is InChI=1S/C24H24N2O3/c1-17-11-12-21(16-23(17)25-18(2)27)26-24(28)20-9-6-10-22(15-20)29-14-13-19-7-4-3-5-8-19/h3-12,15-16H,13-14H2,1-2H3,(H,25,27)(H,26,28). The van der Waals surface area contributed by atoms with E-state index >= 15 is 0 Å². The highest BCUT2D eigenvalue weighted by atomic mass is 16.5. The predicted molar refractivity (Wildman–Crippen MR) is 116 cm³/mol. The van der Waals surface area contributed by atoms with Crippen molar-refractivity contribution in [3.05, 3.63) is 89.5 Å². The molecule has 0 spiro atoms. The summed E-state index contributed by atoms with van der Waals surface area (Å²) in [7, 11) is 0. The Kier molecular flexibility index (Phi) is 6.63. The molecule has 148 valence electrons. The fourth-order valence-corrected chi connectivity index (χ4v) is 2.89. The Labute approximate surface area is 170 Å². The highest BCUT2D eigenvalue weighted by Crippen LogP contribution is 2.21. The number of anilines is 2. The molecule has 0 aliphatic heterocycles. The van der Waals surface area contributed by atoms with E-state index in [1.165, 1.54) is 12.5 Å². The van der Waals surface area contributed by atoms with Crippen LogP contribution in [0.4, 0.5) is 11.4 Å². The molecule has 3 aromatic rings. The lowest BCUT2D eigenvalue weighted by atomic mass is 10.1. The number of amides is 2. The Morgan fingerprint density at radius 1 is 0.897 bits per heavy atom. The SMILES string of the molecule is CC(=O)Nc1cc(NC(=O)c2cccc(OCCc3ccccc3)c2)ccc1C. The topological polar surface area (TPSA) is 67.4 Å². The summed E-state index contributed by atoms with van der Waals surface area (Å²) in [5, 5.41) is 5.62. The molecule has 3 rings (SSSR count). The van der Waals surface area contributed by atoms with E-state index < -0.39 is 0 Å². The third-order valence-corrected chi connectivity index (χ3v) is 4.40. The maximum Gasteiger partial charge on any atom is 0.255 e. The Hall–Kier alpha value is -3.60. The number of ether oxygens (including phenoxy) is 1. The molecule has 0 aliphatic carbocycles. The average molecular weight is 388 g/mol. The van der Waals surface area contributed by atoms with Crippen molar-refractivity contribution in [3.8, 4) is 5.75 Å². The highest BCUT2D eigenvalue weighted by molar-refractivity contribution is 6.05. The minimum absolute atomic E-state index is 0.156. The smallest absolute Gasteiger partial charge is 0.255 e. The molecule has 29 heavy (non-hydrogen) atoms. The van der Waals surface area contributed by atoms with E-state index in [9.17, 15) is 9.59 Å². The lowest BCUT2D eigenvalue weighted by molar-refractivity contribution is -0.114. The summed E-state index contributed by atoms with van der Waals surface area (Å²) in [6.07, 6.45) is 0.798. The van der Waals surface area contributed by atoms with Gasteiger partial charge in [-0.05, 0) is 48.4 Å². The van der Waals surface area contributed by atoms with Gasteiger partial charge in [-0.2, -0.15) is 0 Å². The molecule has 0 atom stereocenters. The summed E-state index contributed by atoms with van der Waals surface area (Å²) in [6.45, 7) is 3.88. The Balaban J connectivity index is 1.62. The molecule has 0 radical (unpaired) electrons. The minimum Gasteiger partial charge on any atom is -0.493 e. The van der Waals surface area contributed by atoms with Crippen molar-refractivity contribution in [2.45, 2.75) is 20.3 Å². The lowest BCUT2D eigenvalue weighted by Gasteiger charge is -2.11. The molecule has 5 heteroatoms. The molecule has 0 bridgehead atoms. The molecule has 2 N–H and O–H groups in total. The Morgan fingerprint density at radius 3 is 2.45 bits per heavy atom. The summed E-state index contributed by atoms with van der Waals surface area (Å²) in [5.41, 5.74) is 3.92. The van der Waals surface area contributed by atoms with Gasteiger partial charge in [0.05, 0.1) is 6.61 Å². The number of hydrogen-bond acceptors (Lipinski definition) is 3. The second kappa shape index (κ2) is 9.55. The molecule has 3 aromatic carbocycles. The van der Waals surface area contributed by atoms with Crippen molar-refractivity contribution in [2.24, 2.45) is 0 Å². The molecule has 0 heterocycles. The summed E-state index contributed by atoms with van der Waals surface area (Å²) in [4.78, 5) is 23.9. The van der Waals surface area contributed by atoms with Gasteiger partial charge in [-0.15, -0.1) is 0 Å². The minimum atomic E-state index is -0.240. The van der Waals surface area contributed by atoms with Crippen LogP contribution in [0.5, 0.6) is 5.75 Å². The maximum absolute atomic E-state index is 12.6. The monoisotopic (exact) mass is 388 g/mol. The van der Waals surface area contributed by atoms with E-state index in [1.807, 2.05) is 37.3 Å². The Morgan fingerprint density at radius 2 is 1.69 bits per heavy atom. The van der Waals surface area contributed by atoms with Crippen LogP contribution >= 0.6 is 0 Å². The van der Waals surface area contributed by atoms with Crippen molar-refractivity contribution in [1.29, 1.82) is 0 Å². The first-order chi connectivity index (χ1) is 14.0. The second-order valence-electron chi connectivity index (χ2n) is 6.78. The Bertz CT molecular complexity index is 1000. The van der Waals surface area contributed by atoms with Crippen molar-refractivity contribution in [2.75, 3.05) is 17.2 Å². The van der Waals surface area contributed by atoms with E-state index in [1.54, 1.807) is 30.3 Å². The van der Waals surface area contributed by atoms with Gasteiger partial charge in [-0.25, -0.2) is 0 Å². The van der Waals surface area contributed by atoms with Crippen LogP contribution in [0.2, 0.25) is 0 Å². The predicted octanol–water partition coefficient (Wildman–Crippen LogP) is 4.83. The molecule has 0 aliphatic rings. The molecular formula is C24H24N2O3. The van der Waals surface area contributed by atoms with Gasteiger partial charge in [0.2, 0.25) is 5.91 Å². The second-order valence-corrected chi connectivity index (χ2v) is 6.78. The van der Waals surface area contributed by atoms with Gasteiger partial charge in [0, 0.05) is 30.3 Å². The number of benzene rings is 3. The van der Waals surface area contributed by atoms with Gasteiger partial charge < -0.3 is 15.4 Å². The number of carbonyl (C=O) groups excluding carboxylic acids is 2. The maximum atomic E-state index is 12.6. The zero-order chi connectivity index (χ0) is 20.6. The molecule has 0 fully saturated rings. The quantitative estimate of drug-likeness (QED) is 0.609. The van der Waals surface area contributed by atoms with Crippen LogP contribution < -0.4 is 15.4 Å². The first-order valence-electron chi connectivity index (χ1n) is 9.47. The van der Waals surface area contributed by atoms with E-state index in [4.69, 9.17) is 4.74 Å². The van der Waals surface area contributed by atoms with Crippen LogP contribution in [0.3, 0.4) is 0 Å². The van der Waals surface area contributed by atoms with Crippen molar-refractivity contribution < 1.29 is 14.3 Å².